The molecule has 1 aromatic rings. The van der Waals surface area contributed by atoms with E-state index in [1.807, 2.05) is 0 Å². The molecule has 1 rings (SSSR count). The monoisotopic (exact) mass is 348 g/mol. The number of hydrogen-bond donors (Lipinski definition) is 2. The van der Waals surface area contributed by atoms with Gasteiger partial charge in [-0.3, -0.25) is 14.5 Å². The van der Waals surface area contributed by atoms with Gasteiger partial charge >= 0.3 is 5.97 Å². The zero-order valence-electron chi connectivity index (χ0n) is 10.7. The van der Waals surface area contributed by atoms with E-state index >= 15 is 0 Å². The smallest absolute Gasteiger partial charge is 0.317 e. The van der Waals surface area contributed by atoms with E-state index in [4.69, 9.17) is 46.3 Å². The van der Waals surface area contributed by atoms with E-state index in [0.717, 1.165) is 0 Å². The van der Waals surface area contributed by atoms with E-state index in [1.165, 1.54) is 17.0 Å². The molecule has 5 nitrogen and oxygen atoms in total. The molecule has 21 heavy (non-hydrogen) atoms. The van der Waals surface area contributed by atoms with Gasteiger partial charge in [0.05, 0.1) is 40.4 Å². The van der Waals surface area contributed by atoms with E-state index < -0.39 is 11.9 Å². The Morgan fingerprint density at radius 3 is 2.38 bits per heavy atom. The SMILES string of the molecule is C#CCN(CC(=O)O)CC(=O)Nc1cc(Cl)c(Cl)cc1Cl. The second-order valence-corrected chi connectivity index (χ2v) is 5.26. The lowest BCUT2D eigenvalue weighted by molar-refractivity contribution is -0.138. The van der Waals surface area contributed by atoms with Crippen LogP contribution < -0.4 is 5.32 Å². The van der Waals surface area contributed by atoms with Gasteiger partial charge in [-0.15, -0.1) is 6.42 Å². The molecule has 0 bridgehead atoms. The zero-order chi connectivity index (χ0) is 16.0. The number of halogens is 3. The highest BCUT2D eigenvalue weighted by Gasteiger charge is 2.15. The van der Waals surface area contributed by atoms with Crippen molar-refractivity contribution in [3.05, 3.63) is 27.2 Å². The van der Waals surface area contributed by atoms with E-state index in [9.17, 15) is 9.59 Å². The largest absolute Gasteiger partial charge is 0.480 e. The van der Waals surface area contributed by atoms with Crippen LogP contribution in [0.25, 0.3) is 0 Å². The van der Waals surface area contributed by atoms with Gasteiger partial charge in [-0.25, -0.2) is 0 Å². The first kappa shape index (κ1) is 17.6. The van der Waals surface area contributed by atoms with E-state index in [0.29, 0.717) is 0 Å². The summed E-state index contributed by atoms with van der Waals surface area (Å²) in [6, 6.07) is 2.81. The lowest BCUT2D eigenvalue weighted by Crippen LogP contribution is -2.37. The fourth-order valence-corrected chi connectivity index (χ4v) is 2.09. The van der Waals surface area contributed by atoms with Crippen LogP contribution >= 0.6 is 34.8 Å². The minimum absolute atomic E-state index is 0.0365. The van der Waals surface area contributed by atoms with Gasteiger partial charge in [-0.2, -0.15) is 0 Å². The first-order valence-corrected chi connectivity index (χ1v) is 6.79. The van der Waals surface area contributed by atoms with Gasteiger partial charge in [0.25, 0.3) is 0 Å². The van der Waals surface area contributed by atoms with Crippen LogP contribution in [0.5, 0.6) is 0 Å². The minimum Gasteiger partial charge on any atom is -0.480 e. The van der Waals surface area contributed by atoms with Crippen molar-refractivity contribution in [3.63, 3.8) is 0 Å². The number of nitrogens with zero attached hydrogens (tertiary/aromatic N) is 1. The molecule has 0 fully saturated rings. The number of rotatable bonds is 6. The third-order valence-electron chi connectivity index (χ3n) is 2.33. The maximum absolute atomic E-state index is 11.9. The van der Waals surface area contributed by atoms with Crippen molar-refractivity contribution in [2.45, 2.75) is 0 Å². The van der Waals surface area contributed by atoms with Gasteiger partial charge in [-0.05, 0) is 12.1 Å². The van der Waals surface area contributed by atoms with Crippen molar-refractivity contribution in [2.75, 3.05) is 25.0 Å². The van der Waals surface area contributed by atoms with Crippen molar-refractivity contribution < 1.29 is 14.7 Å². The second-order valence-electron chi connectivity index (χ2n) is 4.04. The summed E-state index contributed by atoms with van der Waals surface area (Å²) in [5, 5.41) is 12.0. The summed E-state index contributed by atoms with van der Waals surface area (Å²) in [5.74, 6) is 0.744. The van der Waals surface area contributed by atoms with E-state index in [-0.39, 0.29) is 40.4 Å². The average molecular weight is 350 g/mol. The third-order valence-corrected chi connectivity index (χ3v) is 3.36. The van der Waals surface area contributed by atoms with Gasteiger partial charge < -0.3 is 10.4 Å². The fourth-order valence-electron chi connectivity index (χ4n) is 1.50. The minimum atomic E-state index is -1.08. The van der Waals surface area contributed by atoms with Crippen LogP contribution in [0.1, 0.15) is 0 Å². The molecular formula is C13H11Cl3N2O3. The molecule has 1 amide bonds. The molecule has 8 heteroatoms. The number of anilines is 1. The Morgan fingerprint density at radius 2 is 1.81 bits per heavy atom. The molecule has 0 heterocycles. The Labute approximate surface area is 136 Å². The quantitative estimate of drug-likeness (QED) is 0.612. The van der Waals surface area contributed by atoms with Crippen molar-refractivity contribution in [3.8, 4) is 12.3 Å². The summed E-state index contributed by atoms with van der Waals surface area (Å²) >= 11 is 17.5. The Balaban J connectivity index is 2.74. The standard InChI is InChI=1S/C13H11Cl3N2O3/c1-2-3-18(7-13(20)21)6-12(19)17-11-5-9(15)8(14)4-10(11)16/h1,4-5H,3,6-7H2,(H,17,19)(H,20,21). The summed E-state index contributed by atoms with van der Waals surface area (Å²) in [6.45, 7) is -0.491. The first-order valence-electron chi connectivity index (χ1n) is 5.65. The topological polar surface area (TPSA) is 69.6 Å². The average Bonchev–Trinajstić information content (AvgIpc) is 2.35. The number of carboxylic acid groups (broad SMARTS) is 1. The number of amides is 1. The highest BCUT2D eigenvalue weighted by molar-refractivity contribution is 6.44. The van der Waals surface area contributed by atoms with Crippen molar-refractivity contribution in [1.29, 1.82) is 0 Å². The van der Waals surface area contributed by atoms with Crippen LogP contribution in [0.3, 0.4) is 0 Å². The predicted octanol–water partition coefficient (Wildman–Crippen LogP) is 2.61. The Bertz CT molecular complexity index is 599. The Morgan fingerprint density at radius 1 is 1.19 bits per heavy atom. The number of carboxylic acids is 1. The molecular weight excluding hydrogens is 339 g/mol. The lowest BCUT2D eigenvalue weighted by atomic mass is 10.3. The summed E-state index contributed by atoms with van der Waals surface area (Å²) in [7, 11) is 0. The number of carbonyl (C=O) groups is 2. The molecule has 0 unspecified atom stereocenters. The van der Waals surface area contributed by atoms with Crippen molar-refractivity contribution in [2.24, 2.45) is 0 Å². The number of benzene rings is 1. The molecule has 0 spiro atoms. The molecule has 0 saturated heterocycles. The maximum Gasteiger partial charge on any atom is 0.317 e. The van der Waals surface area contributed by atoms with Crippen LogP contribution in [0, 0.1) is 12.3 Å². The van der Waals surface area contributed by atoms with Crippen molar-refractivity contribution >= 4 is 52.4 Å². The van der Waals surface area contributed by atoms with Crippen LogP contribution in [0.4, 0.5) is 5.69 Å². The summed E-state index contributed by atoms with van der Waals surface area (Å²) in [4.78, 5) is 23.8. The normalized spacial score (nSPS) is 10.2. The third kappa shape index (κ3) is 5.82. The highest BCUT2D eigenvalue weighted by atomic mass is 35.5. The zero-order valence-corrected chi connectivity index (χ0v) is 13.0. The van der Waals surface area contributed by atoms with Gasteiger partial charge in [0.15, 0.2) is 0 Å². The Hall–Kier alpha value is -1.45. The van der Waals surface area contributed by atoms with E-state index in [2.05, 4.69) is 11.2 Å². The molecule has 2 N–H and O–H groups in total. The number of nitrogens with one attached hydrogen (secondary N) is 1. The van der Waals surface area contributed by atoms with E-state index in [1.54, 1.807) is 0 Å². The van der Waals surface area contributed by atoms with Crippen LogP contribution in [-0.2, 0) is 9.59 Å². The molecule has 1 aromatic carbocycles. The van der Waals surface area contributed by atoms with Gasteiger partial charge in [0, 0.05) is 0 Å². The number of aliphatic carboxylic acids is 1. The van der Waals surface area contributed by atoms with Crippen molar-refractivity contribution in [1.82, 2.24) is 4.90 Å². The molecule has 0 atom stereocenters. The summed E-state index contributed by atoms with van der Waals surface area (Å²) in [6.07, 6.45) is 5.12. The number of terminal acetylenes is 1. The molecule has 0 aliphatic heterocycles. The van der Waals surface area contributed by atoms with Gasteiger partial charge in [0.2, 0.25) is 5.91 Å². The maximum atomic E-state index is 11.9. The molecule has 0 aromatic heterocycles. The molecule has 0 radical (unpaired) electrons. The summed E-state index contributed by atoms with van der Waals surface area (Å²) < 4.78 is 0. The highest BCUT2D eigenvalue weighted by Crippen LogP contribution is 2.32. The predicted molar refractivity (Wildman–Crippen MR) is 83.0 cm³/mol. The van der Waals surface area contributed by atoms with Gasteiger partial charge in [0.1, 0.15) is 0 Å². The first-order chi connectivity index (χ1) is 9.83. The fraction of sp³-hybridized carbons (Fsp3) is 0.231. The summed E-state index contributed by atoms with van der Waals surface area (Å²) in [5.41, 5.74) is 0.284. The van der Waals surface area contributed by atoms with Crippen LogP contribution in [0.2, 0.25) is 15.1 Å². The number of hydrogen-bond acceptors (Lipinski definition) is 3. The Kier molecular flexibility index (Phi) is 6.79. The molecule has 0 saturated carbocycles. The molecule has 112 valence electrons. The van der Waals surface area contributed by atoms with Crippen LogP contribution in [0.15, 0.2) is 12.1 Å². The molecule has 0 aliphatic rings. The number of carbonyl (C=O) groups excluding carboxylic acids is 1. The van der Waals surface area contributed by atoms with Gasteiger partial charge in [-0.1, -0.05) is 40.7 Å². The second kappa shape index (κ2) is 8.11. The molecule has 0 aliphatic carbocycles. The van der Waals surface area contributed by atoms with Crippen LogP contribution in [-0.4, -0.2) is 41.5 Å². The lowest BCUT2D eigenvalue weighted by Gasteiger charge is -2.17.